The van der Waals surface area contributed by atoms with E-state index < -0.39 is 0 Å². The highest BCUT2D eigenvalue weighted by atomic mass is 16.5. The first kappa shape index (κ1) is 17.2. The molecule has 0 aliphatic heterocycles. The van der Waals surface area contributed by atoms with Crippen LogP contribution >= 0.6 is 0 Å². The summed E-state index contributed by atoms with van der Waals surface area (Å²) in [5.74, 6) is -0.140. The number of methoxy groups -OCH3 is 1. The molecule has 116 valence electrons. The van der Waals surface area contributed by atoms with Gasteiger partial charge in [0.2, 0.25) is 5.91 Å². The van der Waals surface area contributed by atoms with E-state index >= 15 is 0 Å². The van der Waals surface area contributed by atoms with Gasteiger partial charge in [0, 0.05) is 12.5 Å². The number of nitrogens with one attached hydrogen (secondary N) is 1. The second-order valence-corrected chi connectivity index (χ2v) is 5.15. The third kappa shape index (κ3) is 5.58. The quantitative estimate of drug-likeness (QED) is 0.748. The monoisotopic (exact) mass is 291 g/mol. The molecule has 0 heterocycles. The van der Waals surface area contributed by atoms with E-state index in [1.807, 2.05) is 19.1 Å². The summed E-state index contributed by atoms with van der Waals surface area (Å²) in [5, 5.41) is 2.97. The largest absolute Gasteiger partial charge is 0.465 e. The molecule has 0 aliphatic carbocycles. The maximum Gasteiger partial charge on any atom is 0.337 e. The number of carbonyl (C=O) groups is 2. The Morgan fingerprint density at radius 3 is 2.38 bits per heavy atom. The van der Waals surface area contributed by atoms with Crippen molar-refractivity contribution in [3.63, 3.8) is 0 Å². The Labute approximate surface area is 126 Å². The van der Waals surface area contributed by atoms with Crippen molar-refractivity contribution in [2.45, 2.75) is 46.1 Å². The van der Waals surface area contributed by atoms with Gasteiger partial charge in [-0.1, -0.05) is 38.8 Å². The molecule has 0 radical (unpaired) electrons. The zero-order valence-corrected chi connectivity index (χ0v) is 13.1. The third-order valence-electron chi connectivity index (χ3n) is 3.61. The number of carbonyl (C=O) groups excluding carboxylic acids is 2. The van der Waals surface area contributed by atoms with Gasteiger partial charge in [0.15, 0.2) is 0 Å². The third-order valence-corrected chi connectivity index (χ3v) is 3.61. The van der Waals surface area contributed by atoms with E-state index in [1.165, 1.54) is 7.11 Å². The highest BCUT2D eigenvalue weighted by Gasteiger charge is 2.15. The lowest BCUT2D eigenvalue weighted by Crippen LogP contribution is -2.30. The van der Waals surface area contributed by atoms with Gasteiger partial charge in [-0.2, -0.15) is 0 Å². The van der Waals surface area contributed by atoms with Crippen molar-refractivity contribution in [3.05, 3.63) is 35.4 Å². The van der Waals surface area contributed by atoms with Crippen LogP contribution in [0.25, 0.3) is 0 Å². The van der Waals surface area contributed by atoms with Crippen molar-refractivity contribution in [1.29, 1.82) is 0 Å². The van der Waals surface area contributed by atoms with Crippen LogP contribution in [0.2, 0.25) is 0 Å². The van der Waals surface area contributed by atoms with Crippen LogP contribution in [0.1, 0.15) is 55.5 Å². The smallest absolute Gasteiger partial charge is 0.337 e. The second-order valence-electron chi connectivity index (χ2n) is 5.15. The molecule has 21 heavy (non-hydrogen) atoms. The van der Waals surface area contributed by atoms with E-state index in [1.54, 1.807) is 12.1 Å². The van der Waals surface area contributed by atoms with Crippen LogP contribution < -0.4 is 5.32 Å². The van der Waals surface area contributed by atoms with E-state index in [0.29, 0.717) is 12.1 Å². The first-order chi connectivity index (χ1) is 10.1. The van der Waals surface area contributed by atoms with Gasteiger partial charge in [-0.3, -0.25) is 4.79 Å². The van der Waals surface area contributed by atoms with Crippen molar-refractivity contribution in [1.82, 2.24) is 5.32 Å². The molecule has 0 saturated heterocycles. The average Bonchev–Trinajstić information content (AvgIpc) is 2.53. The molecule has 0 fully saturated rings. The minimum Gasteiger partial charge on any atom is -0.465 e. The molecule has 1 aromatic carbocycles. The zero-order valence-electron chi connectivity index (χ0n) is 13.1. The molecular weight excluding hydrogens is 266 g/mol. The predicted molar refractivity (Wildman–Crippen MR) is 82.9 cm³/mol. The molecule has 1 aromatic rings. The fraction of sp³-hybridized carbons (Fsp3) is 0.529. The first-order valence-corrected chi connectivity index (χ1v) is 7.57. The van der Waals surface area contributed by atoms with E-state index in [4.69, 9.17) is 0 Å². The summed E-state index contributed by atoms with van der Waals surface area (Å²) < 4.78 is 4.65. The predicted octanol–water partition coefficient (Wildman–Crippen LogP) is 3.31. The van der Waals surface area contributed by atoms with Crippen LogP contribution in [0.15, 0.2) is 24.3 Å². The standard InChI is InChI=1S/C17H25NO3/c1-4-6-7-14(5-2)16(19)18-12-13-8-10-15(11-9-13)17(20)21-3/h8-11,14H,4-7,12H2,1-3H3,(H,18,19). The van der Waals surface area contributed by atoms with Crippen molar-refractivity contribution in [3.8, 4) is 0 Å². The number of unbranched alkanes of at least 4 members (excludes halogenated alkanes) is 1. The van der Waals surface area contributed by atoms with E-state index in [9.17, 15) is 9.59 Å². The van der Waals surface area contributed by atoms with E-state index in [2.05, 4.69) is 17.0 Å². The zero-order chi connectivity index (χ0) is 15.7. The SMILES string of the molecule is CCCCC(CC)C(=O)NCc1ccc(C(=O)OC)cc1. The molecule has 1 N–H and O–H groups in total. The van der Waals surface area contributed by atoms with Crippen LogP contribution in [-0.4, -0.2) is 19.0 Å². The number of hydrogen-bond donors (Lipinski definition) is 1. The minimum atomic E-state index is -0.351. The topological polar surface area (TPSA) is 55.4 Å². The molecule has 0 aliphatic rings. The van der Waals surface area contributed by atoms with Crippen molar-refractivity contribution >= 4 is 11.9 Å². The molecule has 0 aromatic heterocycles. The van der Waals surface area contributed by atoms with Crippen LogP contribution in [0.3, 0.4) is 0 Å². The van der Waals surface area contributed by atoms with Crippen LogP contribution in [0, 0.1) is 5.92 Å². The molecule has 4 heteroatoms. The van der Waals surface area contributed by atoms with Crippen molar-refractivity contribution in [2.24, 2.45) is 5.92 Å². The van der Waals surface area contributed by atoms with Crippen LogP contribution in [0.4, 0.5) is 0 Å². The van der Waals surface area contributed by atoms with Crippen molar-refractivity contribution in [2.75, 3.05) is 7.11 Å². The molecular formula is C17H25NO3. The highest BCUT2D eigenvalue weighted by molar-refractivity contribution is 5.89. The van der Waals surface area contributed by atoms with Gasteiger partial charge in [0.1, 0.15) is 0 Å². The summed E-state index contributed by atoms with van der Waals surface area (Å²) in [4.78, 5) is 23.4. The Bertz CT molecular complexity index is 454. The summed E-state index contributed by atoms with van der Waals surface area (Å²) >= 11 is 0. The number of ether oxygens (including phenoxy) is 1. The second kappa shape index (κ2) is 9.16. The molecule has 1 unspecified atom stereocenters. The molecule has 0 bridgehead atoms. The number of hydrogen-bond acceptors (Lipinski definition) is 3. The van der Waals surface area contributed by atoms with E-state index in [0.717, 1.165) is 31.2 Å². The first-order valence-electron chi connectivity index (χ1n) is 7.57. The van der Waals surface area contributed by atoms with Gasteiger partial charge in [0.25, 0.3) is 0 Å². The maximum absolute atomic E-state index is 12.1. The molecule has 1 atom stereocenters. The molecule has 1 rings (SSSR count). The fourth-order valence-electron chi connectivity index (χ4n) is 2.18. The summed E-state index contributed by atoms with van der Waals surface area (Å²) in [6.07, 6.45) is 4.01. The van der Waals surface area contributed by atoms with E-state index in [-0.39, 0.29) is 17.8 Å². The fourth-order valence-corrected chi connectivity index (χ4v) is 2.18. The lowest BCUT2D eigenvalue weighted by Gasteiger charge is -2.14. The van der Waals surface area contributed by atoms with Crippen LogP contribution in [0.5, 0.6) is 0 Å². The normalized spacial score (nSPS) is 11.8. The molecule has 0 saturated carbocycles. The van der Waals surface area contributed by atoms with Crippen LogP contribution in [-0.2, 0) is 16.1 Å². The molecule has 1 amide bonds. The summed E-state index contributed by atoms with van der Waals surface area (Å²) in [6.45, 7) is 4.67. The average molecular weight is 291 g/mol. The Morgan fingerprint density at radius 1 is 1.19 bits per heavy atom. The number of benzene rings is 1. The Hall–Kier alpha value is -1.84. The van der Waals surface area contributed by atoms with Gasteiger partial charge in [-0.15, -0.1) is 0 Å². The van der Waals surface area contributed by atoms with Gasteiger partial charge < -0.3 is 10.1 Å². The lowest BCUT2D eigenvalue weighted by atomic mass is 9.98. The number of amides is 1. The Morgan fingerprint density at radius 2 is 1.86 bits per heavy atom. The number of esters is 1. The maximum atomic E-state index is 12.1. The summed E-state index contributed by atoms with van der Waals surface area (Å²) in [6, 6.07) is 7.09. The Kier molecular flexibility index (Phi) is 7.51. The summed E-state index contributed by atoms with van der Waals surface area (Å²) in [5.41, 5.74) is 1.49. The van der Waals surface area contributed by atoms with Gasteiger partial charge >= 0.3 is 5.97 Å². The van der Waals surface area contributed by atoms with Gasteiger partial charge in [-0.05, 0) is 30.5 Å². The van der Waals surface area contributed by atoms with Crippen molar-refractivity contribution < 1.29 is 14.3 Å². The van der Waals surface area contributed by atoms with Gasteiger partial charge in [-0.25, -0.2) is 4.79 Å². The lowest BCUT2D eigenvalue weighted by molar-refractivity contribution is -0.125. The highest BCUT2D eigenvalue weighted by Crippen LogP contribution is 2.13. The Balaban J connectivity index is 2.50. The molecule has 0 spiro atoms. The minimum absolute atomic E-state index is 0.0966. The van der Waals surface area contributed by atoms with Gasteiger partial charge in [0.05, 0.1) is 12.7 Å². The molecule has 4 nitrogen and oxygen atoms in total. The summed E-state index contributed by atoms with van der Waals surface area (Å²) in [7, 11) is 1.36. The number of rotatable bonds is 8.